The van der Waals surface area contributed by atoms with Gasteiger partial charge in [-0.05, 0) is 20.3 Å². The van der Waals surface area contributed by atoms with Gasteiger partial charge in [-0.25, -0.2) is 0 Å². The summed E-state index contributed by atoms with van der Waals surface area (Å²) in [6, 6.07) is 0. The van der Waals surface area contributed by atoms with E-state index in [1.807, 2.05) is 0 Å². The average Bonchev–Trinajstić information content (AvgIpc) is 2.13. The van der Waals surface area contributed by atoms with Gasteiger partial charge >= 0.3 is 6.18 Å². The lowest BCUT2D eigenvalue weighted by molar-refractivity contribution is -0.448. The molecule has 0 saturated heterocycles. The van der Waals surface area contributed by atoms with Crippen molar-refractivity contribution >= 4 is 5.78 Å². The molecule has 0 spiro atoms. The minimum atomic E-state index is -4.33. The number of unbranched alkanes of at least 4 members (excludes halogenated alkanes) is 4. The highest BCUT2D eigenvalue weighted by molar-refractivity contribution is 5.84. The molecule has 0 rings (SSSR count). The molecule has 0 unspecified atom stereocenters. The molecule has 0 aliphatic carbocycles. The zero-order valence-corrected chi connectivity index (χ0v) is 10.3. The number of carbonyl (C=O) groups excluding carboxylic acids is 1. The van der Waals surface area contributed by atoms with Gasteiger partial charge in [-0.2, -0.15) is 13.2 Å². The monoisotopic (exact) mass is 238 g/mol. The van der Waals surface area contributed by atoms with Crippen molar-refractivity contribution in [1.82, 2.24) is 0 Å². The van der Waals surface area contributed by atoms with Crippen LogP contribution >= 0.6 is 0 Å². The summed E-state index contributed by atoms with van der Waals surface area (Å²) in [7, 11) is 0. The molecule has 4 heteroatoms. The molecule has 0 aliphatic rings. The van der Waals surface area contributed by atoms with Crippen molar-refractivity contribution in [3.8, 4) is 0 Å². The lowest BCUT2D eigenvalue weighted by atomic mass is 10.1. The summed E-state index contributed by atoms with van der Waals surface area (Å²) in [6.07, 6.45) is 0.536. The summed E-state index contributed by atoms with van der Waals surface area (Å²) in [4.78, 5) is 0. The molecule has 0 atom stereocenters. The highest BCUT2D eigenvalue weighted by atomic mass is 19.4. The van der Waals surface area contributed by atoms with Crippen molar-refractivity contribution in [3.05, 3.63) is 6.10 Å². The van der Waals surface area contributed by atoms with E-state index in [1.54, 1.807) is 0 Å². The van der Waals surface area contributed by atoms with Crippen molar-refractivity contribution in [3.63, 3.8) is 0 Å². The van der Waals surface area contributed by atoms with Gasteiger partial charge in [-0.1, -0.05) is 39.0 Å². The van der Waals surface area contributed by atoms with Gasteiger partial charge in [0.05, 0.1) is 0 Å². The van der Waals surface area contributed by atoms with E-state index in [2.05, 4.69) is 6.92 Å². The SMILES string of the molecule is CCCCCCCC(=[O+][C-](C)C)C(F)(F)F. The number of alkyl halides is 3. The zero-order valence-electron chi connectivity index (χ0n) is 10.3. The van der Waals surface area contributed by atoms with Crippen LogP contribution in [0.2, 0.25) is 0 Å². The fraction of sp³-hybridized carbons (Fsp3) is 0.833. The Kier molecular flexibility index (Phi) is 7.26. The summed E-state index contributed by atoms with van der Waals surface area (Å²) in [6.45, 7) is 5.14. The Morgan fingerprint density at radius 2 is 1.62 bits per heavy atom. The van der Waals surface area contributed by atoms with E-state index in [0.29, 0.717) is 12.5 Å². The van der Waals surface area contributed by atoms with E-state index < -0.39 is 12.0 Å². The number of hydrogen-bond donors (Lipinski definition) is 0. The molecule has 0 radical (unpaired) electrons. The van der Waals surface area contributed by atoms with Crippen molar-refractivity contribution < 1.29 is 17.6 Å². The van der Waals surface area contributed by atoms with Crippen LogP contribution in [0, 0.1) is 6.10 Å². The molecule has 0 amide bonds. The van der Waals surface area contributed by atoms with Crippen LogP contribution in [-0.4, -0.2) is 12.0 Å². The first-order valence-corrected chi connectivity index (χ1v) is 5.79. The van der Waals surface area contributed by atoms with Gasteiger partial charge in [0.1, 0.15) is 6.10 Å². The molecule has 0 bridgehead atoms. The first-order valence-electron chi connectivity index (χ1n) is 5.79. The molecule has 96 valence electrons. The van der Waals surface area contributed by atoms with Crippen LogP contribution in [0.1, 0.15) is 59.3 Å². The van der Waals surface area contributed by atoms with Crippen LogP contribution in [0.25, 0.3) is 0 Å². The third kappa shape index (κ3) is 7.60. The third-order valence-corrected chi connectivity index (χ3v) is 2.15. The first kappa shape index (κ1) is 15.3. The Bertz CT molecular complexity index is 207. The number of hydrogen-bond acceptors (Lipinski definition) is 0. The maximum absolute atomic E-state index is 12.5. The van der Waals surface area contributed by atoms with Gasteiger partial charge < -0.3 is 4.42 Å². The predicted molar refractivity (Wildman–Crippen MR) is 59.0 cm³/mol. The van der Waals surface area contributed by atoms with Gasteiger partial charge in [-0.15, -0.1) is 0 Å². The molecule has 0 heterocycles. The van der Waals surface area contributed by atoms with Crippen LogP contribution < -0.4 is 0 Å². The van der Waals surface area contributed by atoms with Crippen molar-refractivity contribution in [2.24, 2.45) is 0 Å². The molecule has 0 aromatic rings. The number of ketones is 1. The maximum Gasteiger partial charge on any atom is 0.426 e. The summed E-state index contributed by atoms with van der Waals surface area (Å²) in [5, 5.41) is 0. The largest absolute Gasteiger partial charge is 0.426 e. The average molecular weight is 238 g/mol. The van der Waals surface area contributed by atoms with E-state index >= 15 is 0 Å². The van der Waals surface area contributed by atoms with Crippen LogP contribution in [0.4, 0.5) is 13.2 Å². The minimum absolute atomic E-state index is 0.0155. The van der Waals surface area contributed by atoms with E-state index in [0.717, 1.165) is 25.7 Å². The first-order chi connectivity index (χ1) is 7.38. The lowest BCUT2D eigenvalue weighted by Gasteiger charge is -2.09. The van der Waals surface area contributed by atoms with Gasteiger partial charge in [0.25, 0.3) is 5.78 Å². The molecule has 0 aliphatic heterocycles. The summed E-state index contributed by atoms with van der Waals surface area (Å²) >= 11 is 0. The second-order valence-corrected chi connectivity index (χ2v) is 4.10. The molecule has 0 aromatic heterocycles. The van der Waals surface area contributed by atoms with Crippen LogP contribution in [0.5, 0.6) is 0 Å². The van der Waals surface area contributed by atoms with Gasteiger partial charge in [0.2, 0.25) is 0 Å². The molecule has 0 aromatic carbocycles. The van der Waals surface area contributed by atoms with Crippen LogP contribution in [0.3, 0.4) is 0 Å². The fourth-order valence-electron chi connectivity index (χ4n) is 1.39. The van der Waals surface area contributed by atoms with Gasteiger partial charge in [0, 0.05) is 0 Å². The van der Waals surface area contributed by atoms with Crippen molar-refractivity contribution in [2.75, 3.05) is 0 Å². The van der Waals surface area contributed by atoms with Gasteiger partial charge in [-0.3, -0.25) is 0 Å². The highest BCUT2D eigenvalue weighted by Gasteiger charge is 2.37. The molecular weight excluding hydrogens is 217 g/mol. The third-order valence-electron chi connectivity index (χ3n) is 2.15. The molecule has 0 N–H and O–H groups in total. The standard InChI is InChI=1S/C12H21F3O/c1-4-5-6-7-8-9-11(12(13,14)15)16-10(2)3/h4-9H2,1-3H3. The molecule has 0 saturated carbocycles. The zero-order chi connectivity index (χ0) is 12.6. The fourth-order valence-corrected chi connectivity index (χ4v) is 1.39. The van der Waals surface area contributed by atoms with E-state index in [4.69, 9.17) is 4.42 Å². The Hall–Kier alpha value is -0.670. The van der Waals surface area contributed by atoms with Crippen molar-refractivity contribution in [2.45, 2.75) is 65.5 Å². The normalized spacial score (nSPS) is 13.0. The topological polar surface area (TPSA) is 11.3 Å². The van der Waals surface area contributed by atoms with Gasteiger partial charge in [0.15, 0.2) is 0 Å². The number of halogens is 3. The van der Waals surface area contributed by atoms with Crippen molar-refractivity contribution in [1.29, 1.82) is 0 Å². The predicted octanol–water partition coefficient (Wildman–Crippen LogP) is 4.59. The maximum atomic E-state index is 12.5. The summed E-state index contributed by atoms with van der Waals surface area (Å²) in [5.41, 5.74) is 0. The summed E-state index contributed by atoms with van der Waals surface area (Å²) in [5.74, 6) is -0.760. The molecule has 0 fully saturated rings. The summed E-state index contributed by atoms with van der Waals surface area (Å²) < 4.78 is 42.2. The lowest BCUT2D eigenvalue weighted by Crippen LogP contribution is -2.25. The second kappa shape index (κ2) is 7.58. The number of rotatable bonds is 7. The Balaban J connectivity index is 4.05. The van der Waals surface area contributed by atoms with Crippen LogP contribution in [0.15, 0.2) is 0 Å². The molecular formula is C12H21F3O. The van der Waals surface area contributed by atoms with Crippen LogP contribution in [-0.2, 0) is 4.42 Å². The Labute approximate surface area is 95.7 Å². The quantitative estimate of drug-likeness (QED) is 0.349. The highest BCUT2D eigenvalue weighted by Crippen LogP contribution is 2.21. The Morgan fingerprint density at radius 1 is 1.06 bits per heavy atom. The minimum Gasteiger partial charge on any atom is -0.388 e. The Morgan fingerprint density at radius 3 is 2.06 bits per heavy atom. The smallest absolute Gasteiger partial charge is 0.388 e. The molecule has 1 nitrogen and oxygen atoms in total. The van der Waals surface area contributed by atoms with E-state index in [-0.39, 0.29) is 6.42 Å². The van der Waals surface area contributed by atoms with E-state index in [1.165, 1.54) is 13.8 Å². The second-order valence-electron chi connectivity index (χ2n) is 4.10. The molecule has 16 heavy (non-hydrogen) atoms. The van der Waals surface area contributed by atoms with E-state index in [9.17, 15) is 13.2 Å².